The Morgan fingerprint density at radius 1 is 1.64 bits per heavy atom. The smallest absolute Gasteiger partial charge is 0.191 e. The van der Waals surface area contributed by atoms with E-state index in [4.69, 9.17) is 10.2 Å². The first kappa shape index (κ1) is 6.85. The third kappa shape index (κ3) is 1.16. The molecule has 2 rings (SSSR count). The van der Waals surface area contributed by atoms with Gasteiger partial charge in [-0.3, -0.25) is 0 Å². The van der Waals surface area contributed by atoms with Crippen LogP contribution in [0.25, 0.3) is 0 Å². The van der Waals surface area contributed by atoms with E-state index in [2.05, 4.69) is 4.98 Å². The molecular formula is C8H12N2O. The highest BCUT2D eigenvalue weighted by Gasteiger charge is 2.29. The van der Waals surface area contributed by atoms with Crippen molar-refractivity contribution < 1.29 is 4.42 Å². The van der Waals surface area contributed by atoms with Crippen LogP contribution in [0.1, 0.15) is 36.1 Å². The molecule has 1 aliphatic rings. The summed E-state index contributed by atoms with van der Waals surface area (Å²) in [4.78, 5) is 4.30. The van der Waals surface area contributed by atoms with Gasteiger partial charge in [0, 0.05) is 12.8 Å². The lowest BCUT2D eigenvalue weighted by atomic mass is 10.2. The summed E-state index contributed by atoms with van der Waals surface area (Å²) in [7, 11) is 0. The average molecular weight is 152 g/mol. The molecule has 0 spiro atoms. The van der Waals surface area contributed by atoms with Crippen molar-refractivity contribution in [3.05, 3.63) is 17.3 Å². The van der Waals surface area contributed by atoms with E-state index in [1.807, 2.05) is 6.92 Å². The minimum atomic E-state index is 0.479. The van der Waals surface area contributed by atoms with Crippen LogP contribution >= 0.6 is 0 Å². The largest absolute Gasteiger partial charge is 0.444 e. The van der Waals surface area contributed by atoms with E-state index in [-0.39, 0.29) is 0 Å². The van der Waals surface area contributed by atoms with Gasteiger partial charge in [0.2, 0.25) is 0 Å². The molecular weight excluding hydrogens is 140 g/mol. The Hall–Kier alpha value is -0.830. The Balaban J connectivity index is 2.34. The van der Waals surface area contributed by atoms with Crippen LogP contribution < -0.4 is 5.73 Å². The number of aromatic nitrogens is 1. The lowest BCUT2D eigenvalue weighted by Crippen LogP contribution is -1.97. The molecule has 0 bridgehead atoms. The first-order valence-corrected chi connectivity index (χ1v) is 3.97. The van der Waals surface area contributed by atoms with Crippen LogP contribution in [0.4, 0.5) is 0 Å². The van der Waals surface area contributed by atoms with Gasteiger partial charge in [-0.1, -0.05) is 0 Å². The molecule has 2 N–H and O–H groups in total. The summed E-state index contributed by atoms with van der Waals surface area (Å²) in [5, 5.41) is 0. The van der Waals surface area contributed by atoms with Crippen LogP contribution in [0.15, 0.2) is 4.42 Å². The molecule has 1 heterocycles. The molecule has 0 aliphatic heterocycles. The summed E-state index contributed by atoms with van der Waals surface area (Å²) in [5.41, 5.74) is 6.60. The molecule has 3 heteroatoms. The predicted octanol–water partition coefficient (Wildman–Crippen LogP) is 1.32. The molecule has 0 radical (unpaired) electrons. The van der Waals surface area contributed by atoms with Crippen LogP contribution in [0.5, 0.6) is 0 Å². The number of rotatable bonds is 2. The maximum Gasteiger partial charge on any atom is 0.191 e. The molecule has 1 aromatic heterocycles. The van der Waals surface area contributed by atoms with Gasteiger partial charge < -0.3 is 10.2 Å². The van der Waals surface area contributed by atoms with Crippen molar-refractivity contribution in [2.75, 3.05) is 0 Å². The van der Waals surface area contributed by atoms with Gasteiger partial charge in [-0.15, -0.1) is 0 Å². The summed E-state index contributed by atoms with van der Waals surface area (Å²) in [6, 6.07) is 0. The maximum atomic E-state index is 5.50. The lowest BCUT2D eigenvalue weighted by Gasteiger charge is -1.91. The maximum absolute atomic E-state index is 5.50. The minimum Gasteiger partial charge on any atom is -0.444 e. The SMILES string of the molecule is Cc1nc(C2CC2)c(CN)o1. The van der Waals surface area contributed by atoms with Crippen molar-refractivity contribution in [1.82, 2.24) is 4.98 Å². The topological polar surface area (TPSA) is 52.0 Å². The second kappa shape index (κ2) is 2.34. The summed E-state index contributed by atoms with van der Waals surface area (Å²) in [6.45, 7) is 2.34. The molecule has 1 fully saturated rings. The standard InChI is InChI=1S/C8H12N2O/c1-5-10-8(6-2-3-6)7(4-9)11-5/h6H,2-4,9H2,1H3. The fourth-order valence-electron chi connectivity index (χ4n) is 1.31. The molecule has 1 saturated carbocycles. The predicted molar refractivity (Wildman–Crippen MR) is 41.1 cm³/mol. The first-order valence-electron chi connectivity index (χ1n) is 3.97. The first-order chi connectivity index (χ1) is 5.31. The normalized spacial score (nSPS) is 17.3. The van der Waals surface area contributed by atoms with Crippen molar-refractivity contribution in [2.45, 2.75) is 32.2 Å². The third-order valence-electron chi connectivity index (χ3n) is 1.98. The lowest BCUT2D eigenvalue weighted by molar-refractivity contribution is 0.475. The number of aryl methyl sites for hydroxylation is 1. The monoisotopic (exact) mass is 152 g/mol. The molecule has 0 unspecified atom stereocenters. The highest BCUT2D eigenvalue weighted by atomic mass is 16.4. The summed E-state index contributed by atoms with van der Waals surface area (Å²) >= 11 is 0. The van der Waals surface area contributed by atoms with Crippen molar-refractivity contribution >= 4 is 0 Å². The Morgan fingerprint density at radius 3 is 2.91 bits per heavy atom. The fraction of sp³-hybridized carbons (Fsp3) is 0.625. The summed E-state index contributed by atoms with van der Waals surface area (Å²) in [6.07, 6.45) is 2.50. The van der Waals surface area contributed by atoms with E-state index in [1.165, 1.54) is 12.8 Å². The number of nitrogens with two attached hydrogens (primary N) is 1. The van der Waals surface area contributed by atoms with Crippen molar-refractivity contribution in [3.8, 4) is 0 Å². The zero-order valence-electron chi connectivity index (χ0n) is 6.63. The Labute approximate surface area is 65.6 Å². The summed E-state index contributed by atoms with van der Waals surface area (Å²) in [5.74, 6) is 2.27. The van der Waals surface area contributed by atoms with Gasteiger partial charge in [0.15, 0.2) is 5.89 Å². The molecule has 0 aromatic carbocycles. The number of oxazole rings is 1. The van der Waals surface area contributed by atoms with E-state index in [0.717, 1.165) is 17.3 Å². The van der Waals surface area contributed by atoms with E-state index in [9.17, 15) is 0 Å². The fourth-order valence-corrected chi connectivity index (χ4v) is 1.31. The Morgan fingerprint density at radius 2 is 2.36 bits per heavy atom. The minimum absolute atomic E-state index is 0.479. The van der Waals surface area contributed by atoms with Crippen LogP contribution in [0.2, 0.25) is 0 Å². The van der Waals surface area contributed by atoms with Gasteiger partial charge in [0.25, 0.3) is 0 Å². The van der Waals surface area contributed by atoms with E-state index in [0.29, 0.717) is 12.5 Å². The number of hydrogen-bond donors (Lipinski definition) is 1. The van der Waals surface area contributed by atoms with Gasteiger partial charge in [-0.05, 0) is 12.8 Å². The second-order valence-corrected chi connectivity index (χ2v) is 3.02. The van der Waals surface area contributed by atoms with Gasteiger partial charge in [0.1, 0.15) is 5.76 Å². The van der Waals surface area contributed by atoms with Crippen LogP contribution in [-0.2, 0) is 6.54 Å². The van der Waals surface area contributed by atoms with Gasteiger partial charge in [-0.2, -0.15) is 0 Å². The molecule has 0 saturated heterocycles. The van der Waals surface area contributed by atoms with Gasteiger partial charge in [0.05, 0.1) is 12.2 Å². The second-order valence-electron chi connectivity index (χ2n) is 3.02. The summed E-state index contributed by atoms with van der Waals surface area (Å²) < 4.78 is 5.33. The Bertz CT molecular complexity index is 263. The molecule has 0 atom stereocenters. The number of hydrogen-bond acceptors (Lipinski definition) is 3. The van der Waals surface area contributed by atoms with E-state index in [1.54, 1.807) is 0 Å². The zero-order valence-corrected chi connectivity index (χ0v) is 6.63. The highest BCUT2D eigenvalue weighted by Crippen LogP contribution is 2.41. The average Bonchev–Trinajstić information content (AvgIpc) is 2.75. The van der Waals surface area contributed by atoms with E-state index < -0.39 is 0 Å². The van der Waals surface area contributed by atoms with Crippen LogP contribution in [0, 0.1) is 6.92 Å². The molecule has 0 amide bonds. The van der Waals surface area contributed by atoms with Crippen LogP contribution in [0.3, 0.4) is 0 Å². The Kier molecular flexibility index (Phi) is 1.46. The quantitative estimate of drug-likeness (QED) is 0.695. The van der Waals surface area contributed by atoms with Crippen molar-refractivity contribution in [3.63, 3.8) is 0 Å². The molecule has 1 aliphatic carbocycles. The molecule has 1 aromatic rings. The van der Waals surface area contributed by atoms with Crippen LogP contribution in [-0.4, -0.2) is 4.98 Å². The zero-order chi connectivity index (χ0) is 7.84. The molecule has 11 heavy (non-hydrogen) atoms. The van der Waals surface area contributed by atoms with Gasteiger partial charge >= 0.3 is 0 Å². The molecule has 3 nitrogen and oxygen atoms in total. The van der Waals surface area contributed by atoms with Gasteiger partial charge in [-0.25, -0.2) is 4.98 Å². The van der Waals surface area contributed by atoms with Crippen molar-refractivity contribution in [2.24, 2.45) is 5.73 Å². The van der Waals surface area contributed by atoms with Crippen molar-refractivity contribution in [1.29, 1.82) is 0 Å². The third-order valence-corrected chi connectivity index (χ3v) is 1.98. The number of nitrogens with zero attached hydrogens (tertiary/aromatic N) is 1. The highest BCUT2D eigenvalue weighted by molar-refractivity contribution is 5.19. The van der Waals surface area contributed by atoms with E-state index >= 15 is 0 Å². The molecule has 60 valence electrons.